The van der Waals surface area contributed by atoms with E-state index in [0.717, 1.165) is 5.56 Å². The summed E-state index contributed by atoms with van der Waals surface area (Å²) < 4.78 is 38.2. The minimum Gasteiger partial charge on any atom is -0.495 e. The quantitative estimate of drug-likeness (QED) is 0.511. The van der Waals surface area contributed by atoms with Crippen LogP contribution in [0.4, 0.5) is 16.2 Å². The third-order valence-corrected chi connectivity index (χ3v) is 7.39. The SMILES string of the molecule is COc1ccc(C(=O)Nc2ccccc2N2CCOC2=O)cc1S(=O)(=O)N(C)Cc1ccccc1. The zero-order valence-corrected chi connectivity index (χ0v) is 20.1. The molecule has 1 heterocycles. The summed E-state index contributed by atoms with van der Waals surface area (Å²) in [6.07, 6.45) is -0.494. The second-order valence-electron chi connectivity index (χ2n) is 7.85. The lowest BCUT2D eigenvalue weighted by molar-refractivity contribution is 0.102. The predicted molar refractivity (Wildman–Crippen MR) is 131 cm³/mol. The van der Waals surface area contributed by atoms with Crippen molar-refractivity contribution in [2.24, 2.45) is 0 Å². The van der Waals surface area contributed by atoms with Crippen LogP contribution in [0.3, 0.4) is 0 Å². The first-order valence-electron chi connectivity index (χ1n) is 10.8. The highest BCUT2D eigenvalue weighted by molar-refractivity contribution is 7.89. The van der Waals surface area contributed by atoms with E-state index >= 15 is 0 Å². The summed E-state index contributed by atoms with van der Waals surface area (Å²) in [4.78, 5) is 26.4. The minimum atomic E-state index is -3.98. The second kappa shape index (κ2) is 10.2. The van der Waals surface area contributed by atoms with Gasteiger partial charge in [-0.2, -0.15) is 4.31 Å². The number of carbonyl (C=O) groups is 2. The van der Waals surface area contributed by atoms with Gasteiger partial charge < -0.3 is 14.8 Å². The van der Waals surface area contributed by atoms with Crippen molar-refractivity contribution in [1.82, 2.24) is 4.31 Å². The molecule has 0 atom stereocenters. The lowest BCUT2D eigenvalue weighted by Gasteiger charge is -2.20. The van der Waals surface area contributed by atoms with E-state index in [1.807, 2.05) is 30.3 Å². The van der Waals surface area contributed by atoms with Gasteiger partial charge >= 0.3 is 6.09 Å². The van der Waals surface area contributed by atoms with Crippen LogP contribution in [0, 0.1) is 0 Å². The van der Waals surface area contributed by atoms with Crippen LogP contribution in [0.15, 0.2) is 77.7 Å². The van der Waals surface area contributed by atoms with Gasteiger partial charge in [0.2, 0.25) is 10.0 Å². The summed E-state index contributed by atoms with van der Waals surface area (Å²) in [6.45, 7) is 0.782. The molecule has 9 nitrogen and oxygen atoms in total. The molecule has 0 radical (unpaired) electrons. The molecule has 2 amide bonds. The molecule has 0 aromatic heterocycles. The fraction of sp³-hybridized carbons (Fsp3) is 0.200. The number of hydrogen-bond donors (Lipinski definition) is 1. The normalized spacial score (nSPS) is 13.6. The Morgan fingerprint density at radius 1 is 1.09 bits per heavy atom. The van der Waals surface area contributed by atoms with E-state index < -0.39 is 22.0 Å². The monoisotopic (exact) mass is 495 g/mol. The Labute approximate surface area is 203 Å². The molecule has 1 N–H and O–H groups in total. The van der Waals surface area contributed by atoms with E-state index in [-0.39, 0.29) is 29.4 Å². The number of hydrogen-bond acceptors (Lipinski definition) is 6. The largest absolute Gasteiger partial charge is 0.495 e. The molecule has 4 rings (SSSR count). The van der Waals surface area contributed by atoms with Crippen LogP contribution < -0.4 is 15.0 Å². The maximum atomic E-state index is 13.4. The average molecular weight is 496 g/mol. The first kappa shape index (κ1) is 24.2. The molecule has 1 aliphatic rings. The van der Waals surface area contributed by atoms with Crippen molar-refractivity contribution in [3.63, 3.8) is 0 Å². The Morgan fingerprint density at radius 3 is 2.49 bits per heavy atom. The highest BCUT2D eigenvalue weighted by atomic mass is 32.2. The van der Waals surface area contributed by atoms with Gasteiger partial charge in [0.1, 0.15) is 17.3 Å². The van der Waals surface area contributed by atoms with Gasteiger partial charge in [0.25, 0.3) is 5.91 Å². The molecule has 182 valence electrons. The fourth-order valence-electron chi connectivity index (χ4n) is 3.73. The topological polar surface area (TPSA) is 105 Å². The maximum absolute atomic E-state index is 13.4. The molecule has 0 aliphatic carbocycles. The lowest BCUT2D eigenvalue weighted by Crippen LogP contribution is -2.27. The number of nitrogens with one attached hydrogen (secondary N) is 1. The summed E-state index contributed by atoms with van der Waals surface area (Å²) >= 11 is 0. The summed E-state index contributed by atoms with van der Waals surface area (Å²) in [5, 5.41) is 2.77. The van der Waals surface area contributed by atoms with E-state index in [9.17, 15) is 18.0 Å². The lowest BCUT2D eigenvalue weighted by atomic mass is 10.2. The molecule has 35 heavy (non-hydrogen) atoms. The number of anilines is 2. The van der Waals surface area contributed by atoms with E-state index in [0.29, 0.717) is 17.9 Å². The Morgan fingerprint density at radius 2 is 1.80 bits per heavy atom. The van der Waals surface area contributed by atoms with Gasteiger partial charge in [-0.05, 0) is 35.9 Å². The Balaban J connectivity index is 1.62. The summed E-state index contributed by atoms with van der Waals surface area (Å²) in [5.41, 5.74) is 1.84. The highest BCUT2D eigenvalue weighted by Crippen LogP contribution is 2.31. The van der Waals surface area contributed by atoms with Crippen LogP contribution in [0.25, 0.3) is 0 Å². The first-order valence-corrected chi connectivity index (χ1v) is 12.3. The molecule has 0 saturated carbocycles. The second-order valence-corrected chi connectivity index (χ2v) is 9.86. The number of carbonyl (C=O) groups excluding carboxylic acids is 2. The molecular formula is C25H25N3O6S. The van der Waals surface area contributed by atoms with Crippen LogP contribution in [0.2, 0.25) is 0 Å². The van der Waals surface area contributed by atoms with Gasteiger partial charge in [0.05, 0.1) is 25.0 Å². The molecular weight excluding hydrogens is 470 g/mol. The van der Waals surface area contributed by atoms with Crippen LogP contribution >= 0.6 is 0 Å². The van der Waals surface area contributed by atoms with Gasteiger partial charge in [-0.25, -0.2) is 13.2 Å². The van der Waals surface area contributed by atoms with E-state index in [1.54, 1.807) is 24.3 Å². The van der Waals surface area contributed by atoms with Gasteiger partial charge in [-0.3, -0.25) is 9.69 Å². The minimum absolute atomic E-state index is 0.122. The molecule has 3 aromatic rings. The zero-order chi connectivity index (χ0) is 25.0. The third-order valence-electron chi connectivity index (χ3n) is 5.57. The van der Waals surface area contributed by atoms with Crippen molar-refractivity contribution >= 4 is 33.4 Å². The Bertz CT molecular complexity index is 1340. The summed E-state index contributed by atoms with van der Waals surface area (Å²) in [6, 6.07) is 20.2. The summed E-state index contributed by atoms with van der Waals surface area (Å²) in [7, 11) is -1.13. The van der Waals surface area contributed by atoms with Crippen LogP contribution in [-0.2, 0) is 21.3 Å². The van der Waals surface area contributed by atoms with E-state index in [2.05, 4.69) is 5.32 Å². The highest BCUT2D eigenvalue weighted by Gasteiger charge is 2.28. The number of cyclic esters (lactones) is 1. The number of benzene rings is 3. The standard InChI is InChI=1S/C25H25N3O6S/c1-27(17-18-8-4-3-5-9-18)35(31,32)23-16-19(12-13-22(23)33-2)24(29)26-20-10-6-7-11-21(20)28-14-15-34-25(28)30/h3-13,16H,14-15,17H2,1-2H3,(H,26,29). The van der Waals surface area contributed by atoms with Gasteiger partial charge in [0.15, 0.2) is 0 Å². The van der Waals surface area contributed by atoms with Crippen molar-refractivity contribution in [1.29, 1.82) is 0 Å². The summed E-state index contributed by atoms with van der Waals surface area (Å²) in [5.74, 6) is -0.406. The first-order chi connectivity index (χ1) is 16.8. The van der Waals surface area contributed by atoms with E-state index in [4.69, 9.17) is 9.47 Å². The molecule has 10 heteroatoms. The smallest absolute Gasteiger partial charge is 0.414 e. The molecule has 3 aromatic carbocycles. The third kappa shape index (κ3) is 5.13. The average Bonchev–Trinajstić information content (AvgIpc) is 3.30. The number of para-hydroxylation sites is 2. The number of rotatable bonds is 8. The fourth-order valence-corrected chi connectivity index (χ4v) is 5.07. The number of nitrogens with zero attached hydrogens (tertiary/aromatic N) is 2. The van der Waals surface area contributed by atoms with Gasteiger partial charge in [-0.1, -0.05) is 42.5 Å². The van der Waals surface area contributed by atoms with Crippen molar-refractivity contribution < 1.29 is 27.5 Å². The number of sulfonamides is 1. The van der Waals surface area contributed by atoms with Crippen molar-refractivity contribution in [2.45, 2.75) is 11.4 Å². The van der Waals surface area contributed by atoms with Crippen LogP contribution in [-0.4, -0.2) is 52.0 Å². The molecule has 0 bridgehead atoms. The number of ether oxygens (including phenoxy) is 2. The molecule has 1 fully saturated rings. The molecule has 1 aliphatic heterocycles. The number of methoxy groups -OCH3 is 1. The van der Waals surface area contributed by atoms with Crippen molar-refractivity contribution in [3.05, 3.63) is 83.9 Å². The van der Waals surface area contributed by atoms with Gasteiger partial charge in [-0.15, -0.1) is 0 Å². The van der Waals surface area contributed by atoms with Crippen molar-refractivity contribution in [3.8, 4) is 5.75 Å². The molecule has 0 unspecified atom stereocenters. The van der Waals surface area contributed by atoms with E-state index in [1.165, 1.54) is 41.6 Å². The molecule has 0 spiro atoms. The molecule has 1 saturated heterocycles. The van der Waals surface area contributed by atoms with Gasteiger partial charge in [0, 0.05) is 19.2 Å². The number of amides is 2. The predicted octanol–water partition coefficient (Wildman–Crippen LogP) is 3.72. The van der Waals surface area contributed by atoms with Crippen LogP contribution in [0.1, 0.15) is 15.9 Å². The Hall–Kier alpha value is -3.89. The zero-order valence-electron chi connectivity index (χ0n) is 19.3. The maximum Gasteiger partial charge on any atom is 0.414 e. The van der Waals surface area contributed by atoms with Crippen LogP contribution in [0.5, 0.6) is 5.75 Å². The van der Waals surface area contributed by atoms with Crippen molar-refractivity contribution in [2.75, 3.05) is 37.5 Å². The Kier molecular flexibility index (Phi) is 7.04.